The van der Waals surface area contributed by atoms with Gasteiger partial charge in [-0.2, -0.15) is 4.98 Å². The van der Waals surface area contributed by atoms with Gasteiger partial charge < -0.3 is 9.64 Å². The lowest BCUT2D eigenvalue weighted by atomic mass is 10.4. The van der Waals surface area contributed by atoms with Gasteiger partial charge in [-0.3, -0.25) is 10.1 Å². The molecule has 8 heteroatoms. The first-order chi connectivity index (χ1) is 7.91. The highest BCUT2D eigenvalue weighted by Crippen LogP contribution is 2.28. The van der Waals surface area contributed by atoms with Crippen molar-refractivity contribution >= 4 is 17.3 Å². The molecule has 0 aliphatic rings. The van der Waals surface area contributed by atoms with E-state index in [2.05, 4.69) is 9.97 Å². The van der Waals surface area contributed by atoms with Gasteiger partial charge in [0.25, 0.3) is 5.88 Å². The predicted octanol–water partition coefficient (Wildman–Crippen LogP) is 1.29. The van der Waals surface area contributed by atoms with E-state index in [0.29, 0.717) is 13.2 Å². The number of halogens is 1. The first-order valence-corrected chi connectivity index (χ1v) is 5.25. The Labute approximate surface area is 104 Å². The molecule has 0 fully saturated rings. The van der Waals surface area contributed by atoms with Crippen molar-refractivity contribution < 1.29 is 9.66 Å². The quantitative estimate of drug-likeness (QED) is 0.451. The number of rotatable bonds is 5. The Morgan fingerprint density at radius 3 is 2.65 bits per heavy atom. The van der Waals surface area contributed by atoms with Gasteiger partial charge >= 0.3 is 5.69 Å². The molecule has 0 atom stereocenters. The molecule has 0 saturated heterocycles. The van der Waals surface area contributed by atoms with Crippen LogP contribution in [0.4, 0.5) is 5.69 Å². The zero-order chi connectivity index (χ0) is 13.0. The molecular weight excluding hydrogens is 248 g/mol. The lowest BCUT2D eigenvalue weighted by Gasteiger charge is -2.10. The Morgan fingerprint density at radius 2 is 2.12 bits per heavy atom. The maximum absolute atomic E-state index is 10.8. The third kappa shape index (κ3) is 3.79. The average molecular weight is 261 g/mol. The van der Waals surface area contributed by atoms with Crippen LogP contribution >= 0.6 is 11.6 Å². The van der Waals surface area contributed by atoms with Gasteiger partial charge in [0, 0.05) is 6.54 Å². The summed E-state index contributed by atoms with van der Waals surface area (Å²) in [7, 11) is 3.74. The van der Waals surface area contributed by atoms with E-state index < -0.39 is 4.92 Å². The molecule has 0 radical (unpaired) electrons. The third-order valence-electron chi connectivity index (χ3n) is 1.96. The van der Waals surface area contributed by atoms with Crippen LogP contribution in [0.15, 0.2) is 0 Å². The molecule has 0 aromatic carbocycles. The van der Waals surface area contributed by atoms with Crippen molar-refractivity contribution in [2.45, 2.75) is 6.92 Å². The average Bonchev–Trinajstić information content (AvgIpc) is 2.14. The van der Waals surface area contributed by atoms with Gasteiger partial charge in [0.15, 0.2) is 0 Å². The Bertz CT molecular complexity index is 425. The minimum absolute atomic E-state index is 0.0621. The van der Waals surface area contributed by atoms with Crippen LogP contribution in [-0.4, -0.2) is 47.0 Å². The van der Waals surface area contributed by atoms with Crippen molar-refractivity contribution in [1.29, 1.82) is 0 Å². The van der Waals surface area contributed by atoms with Gasteiger partial charge in [-0.25, -0.2) is 4.98 Å². The Hall–Kier alpha value is -1.47. The fraction of sp³-hybridized carbons (Fsp3) is 0.556. The molecule has 0 aliphatic carbocycles. The molecule has 0 unspecified atom stereocenters. The molecule has 0 bridgehead atoms. The molecule has 17 heavy (non-hydrogen) atoms. The number of aromatic nitrogens is 2. The van der Waals surface area contributed by atoms with Crippen LogP contribution in [0.2, 0.25) is 5.28 Å². The molecule has 0 amide bonds. The van der Waals surface area contributed by atoms with E-state index in [9.17, 15) is 10.1 Å². The summed E-state index contributed by atoms with van der Waals surface area (Å²) >= 11 is 5.63. The monoisotopic (exact) mass is 260 g/mol. The molecule has 0 N–H and O–H groups in total. The van der Waals surface area contributed by atoms with E-state index in [1.54, 1.807) is 0 Å². The van der Waals surface area contributed by atoms with Crippen molar-refractivity contribution in [2.24, 2.45) is 0 Å². The Morgan fingerprint density at radius 1 is 1.47 bits per heavy atom. The van der Waals surface area contributed by atoms with Gasteiger partial charge in [-0.1, -0.05) is 0 Å². The summed E-state index contributed by atoms with van der Waals surface area (Å²) in [5.74, 6) is -0.0886. The largest absolute Gasteiger partial charge is 0.471 e. The second-order valence-corrected chi connectivity index (χ2v) is 3.98. The van der Waals surface area contributed by atoms with Gasteiger partial charge in [0.1, 0.15) is 12.3 Å². The molecule has 94 valence electrons. The summed E-state index contributed by atoms with van der Waals surface area (Å²) in [4.78, 5) is 19.6. The van der Waals surface area contributed by atoms with Crippen LogP contribution in [0.25, 0.3) is 0 Å². The van der Waals surface area contributed by atoms with Crippen LogP contribution in [-0.2, 0) is 0 Å². The minimum Gasteiger partial charge on any atom is -0.471 e. The molecule has 0 spiro atoms. The molecule has 1 aromatic rings. The normalized spacial score (nSPS) is 10.6. The standard InChI is InChI=1S/C9H13ClN4O3/c1-6-7(14(15)16)8(12-9(10)11-6)17-5-4-13(2)3/h4-5H2,1-3H3. The van der Waals surface area contributed by atoms with E-state index in [4.69, 9.17) is 16.3 Å². The highest BCUT2D eigenvalue weighted by Gasteiger charge is 2.23. The van der Waals surface area contributed by atoms with Crippen LogP contribution in [0.1, 0.15) is 5.69 Å². The zero-order valence-corrected chi connectivity index (χ0v) is 10.6. The summed E-state index contributed by atoms with van der Waals surface area (Å²) in [6.07, 6.45) is 0. The first kappa shape index (κ1) is 13.6. The zero-order valence-electron chi connectivity index (χ0n) is 9.81. The summed E-state index contributed by atoms with van der Waals surface area (Å²) in [5.41, 5.74) is -0.0528. The highest BCUT2D eigenvalue weighted by molar-refractivity contribution is 6.28. The number of aryl methyl sites for hydroxylation is 1. The second-order valence-electron chi connectivity index (χ2n) is 3.64. The summed E-state index contributed by atoms with van der Waals surface area (Å²) in [6, 6.07) is 0. The van der Waals surface area contributed by atoms with Crippen LogP contribution < -0.4 is 4.74 Å². The van der Waals surface area contributed by atoms with Crippen molar-refractivity contribution in [1.82, 2.24) is 14.9 Å². The molecule has 0 aliphatic heterocycles. The van der Waals surface area contributed by atoms with Gasteiger partial charge in [0.2, 0.25) is 5.28 Å². The van der Waals surface area contributed by atoms with Crippen molar-refractivity contribution in [2.75, 3.05) is 27.2 Å². The number of likely N-dealkylation sites (N-methyl/N-ethyl adjacent to an activating group) is 1. The van der Waals surface area contributed by atoms with E-state index in [1.807, 2.05) is 19.0 Å². The topological polar surface area (TPSA) is 81.4 Å². The van der Waals surface area contributed by atoms with E-state index in [-0.39, 0.29) is 22.5 Å². The number of ether oxygens (including phenoxy) is 1. The summed E-state index contributed by atoms with van der Waals surface area (Å²) < 4.78 is 5.25. The fourth-order valence-corrected chi connectivity index (χ4v) is 1.35. The first-order valence-electron chi connectivity index (χ1n) is 4.88. The van der Waals surface area contributed by atoms with Crippen LogP contribution in [0.3, 0.4) is 0 Å². The molecule has 1 heterocycles. The fourth-order valence-electron chi connectivity index (χ4n) is 1.14. The van der Waals surface area contributed by atoms with E-state index in [0.717, 1.165) is 0 Å². The van der Waals surface area contributed by atoms with Crippen molar-refractivity contribution in [3.8, 4) is 5.88 Å². The number of hydrogen-bond acceptors (Lipinski definition) is 6. The Balaban J connectivity index is 2.92. The molecule has 1 aromatic heterocycles. The smallest absolute Gasteiger partial charge is 0.352 e. The highest BCUT2D eigenvalue weighted by atomic mass is 35.5. The molecule has 1 rings (SSSR count). The number of hydrogen-bond donors (Lipinski definition) is 0. The second kappa shape index (κ2) is 5.74. The van der Waals surface area contributed by atoms with Crippen molar-refractivity contribution in [3.05, 3.63) is 21.1 Å². The molecular formula is C9H13ClN4O3. The molecule has 0 saturated carbocycles. The lowest BCUT2D eigenvalue weighted by Crippen LogP contribution is -2.20. The SMILES string of the molecule is Cc1nc(Cl)nc(OCCN(C)C)c1[N+](=O)[O-]. The number of nitrogens with zero attached hydrogens (tertiary/aromatic N) is 4. The van der Waals surface area contributed by atoms with Crippen molar-refractivity contribution in [3.63, 3.8) is 0 Å². The summed E-state index contributed by atoms with van der Waals surface area (Å²) in [6.45, 7) is 2.41. The maximum atomic E-state index is 10.8. The predicted molar refractivity (Wildman–Crippen MR) is 62.5 cm³/mol. The third-order valence-corrected chi connectivity index (χ3v) is 2.13. The van der Waals surface area contributed by atoms with E-state index >= 15 is 0 Å². The Kier molecular flexibility index (Phi) is 4.59. The van der Waals surface area contributed by atoms with Gasteiger partial charge in [-0.05, 0) is 32.6 Å². The summed E-state index contributed by atoms with van der Waals surface area (Å²) in [5, 5.41) is 10.8. The number of nitro groups is 1. The van der Waals surface area contributed by atoms with E-state index in [1.165, 1.54) is 6.92 Å². The van der Waals surface area contributed by atoms with Crippen LogP contribution in [0, 0.1) is 17.0 Å². The minimum atomic E-state index is -0.573. The van der Waals surface area contributed by atoms with Crippen LogP contribution in [0.5, 0.6) is 5.88 Å². The lowest BCUT2D eigenvalue weighted by molar-refractivity contribution is -0.387. The van der Waals surface area contributed by atoms with Gasteiger partial charge in [0.05, 0.1) is 4.92 Å². The molecule has 7 nitrogen and oxygen atoms in total. The van der Waals surface area contributed by atoms with Gasteiger partial charge in [-0.15, -0.1) is 0 Å². The maximum Gasteiger partial charge on any atom is 0.352 e.